The molecule has 0 bridgehead atoms. The molecule has 0 aliphatic heterocycles. The molecule has 150 valence electrons. The zero-order valence-electron chi connectivity index (χ0n) is 16.6. The number of halogens is 1. The van der Waals surface area contributed by atoms with E-state index in [4.69, 9.17) is 4.74 Å². The van der Waals surface area contributed by atoms with E-state index in [1.54, 1.807) is 44.7 Å². The lowest BCUT2D eigenvalue weighted by Crippen LogP contribution is -2.27. The summed E-state index contributed by atoms with van der Waals surface area (Å²) >= 11 is 1.59. The van der Waals surface area contributed by atoms with Crippen LogP contribution in [0.25, 0.3) is 0 Å². The fourth-order valence-corrected chi connectivity index (χ4v) is 3.27. The van der Waals surface area contributed by atoms with Crippen LogP contribution in [0, 0.1) is 5.82 Å². The van der Waals surface area contributed by atoms with E-state index >= 15 is 0 Å². The Kier molecular flexibility index (Phi) is 7.07. The highest BCUT2D eigenvalue weighted by Gasteiger charge is 2.18. The van der Waals surface area contributed by atoms with Gasteiger partial charge in [0.25, 0.3) is 5.91 Å². The first kappa shape index (κ1) is 21.8. The van der Waals surface area contributed by atoms with E-state index in [2.05, 4.69) is 10.6 Å². The first-order chi connectivity index (χ1) is 13.0. The summed E-state index contributed by atoms with van der Waals surface area (Å²) in [4.78, 5) is 25.4. The van der Waals surface area contributed by atoms with Crippen LogP contribution in [0.3, 0.4) is 0 Å². The van der Waals surface area contributed by atoms with Crippen molar-refractivity contribution in [2.24, 2.45) is 0 Å². The van der Waals surface area contributed by atoms with Gasteiger partial charge in [-0.05, 0) is 51.1 Å². The van der Waals surface area contributed by atoms with Crippen LogP contribution in [0.15, 0.2) is 47.4 Å². The van der Waals surface area contributed by atoms with Crippen molar-refractivity contribution in [2.75, 3.05) is 10.6 Å². The van der Waals surface area contributed by atoms with Gasteiger partial charge in [0, 0.05) is 15.8 Å². The summed E-state index contributed by atoms with van der Waals surface area (Å²) in [6.45, 7) is 9.24. The molecule has 2 aromatic carbocycles. The summed E-state index contributed by atoms with van der Waals surface area (Å²) in [5, 5.41) is 5.44. The second kappa shape index (κ2) is 9.10. The maximum absolute atomic E-state index is 14.0. The monoisotopic (exact) mass is 404 g/mol. The Hall–Kier alpha value is -2.54. The molecule has 0 spiro atoms. The van der Waals surface area contributed by atoms with Crippen LogP contribution >= 0.6 is 11.8 Å². The van der Waals surface area contributed by atoms with E-state index in [-0.39, 0.29) is 11.6 Å². The summed E-state index contributed by atoms with van der Waals surface area (Å²) in [6, 6.07) is 11.3. The van der Waals surface area contributed by atoms with Crippen molar-refractivity contribution in [1.29, 1.82) is 0 Å². The third kappa shape index (κ3) is 6.56. The molecule has 0 radical (unpaired) electrons. The largest absolute Gasteiger partial charge is 0.444 e. The SMILES string of the molecule is CC(C)Sc1ccccc1C(=O)Nc1ccc(F)c(NC(=O)OC(C)(C)C)c1. The molecular weight excluding hydrogens is 379 g/mol. The molecule has 2 rings (SSSR count). The fourth-order valence-electron chi connectivity index (χ4n) is 2.32. The average molecular weight is 405 g/mol. The minimum Gasteiger partial charge on any atom is -0.444 e. The van der Waals surface area contributed by atoms with Crippen molar-refractivity contribution in [3.63, 3.8) is 0 Å². The van der Waals surface area contributed by atoms with Gasteiger partial charge in [-0.25, -0.2) is 9.18 Å². The zero-order chi connectivity index (χ0) is 20.9. The standard InChI is InChI=1S/C21H25FN2O3S/c1-13(2)28-18-9-7-6-8-15(18)19(25)23-14-10-11-16(22)17(12-14)24-20(26)27-21(3,4)5/h6-13H,1-5H3,(H,23,25)(H,24,26). The van der Waals surface area contributed by atoms with Crippen LogP contribution in [0.2, 0.25) is 0 Å². The fraction of sp³-hybridized carbons (Fsp3) is 0.333. The Balaban J connectivity index is 2.17. The molecule has 28 heavy (non-hydrogen) atoms. The molecule has 0 heterocycles. The van der Waals surface area contributed by atoms with Crippen LogP contribution in [0.5, 0.6) is 0 Å². The van der Waals surface area contributed by atoms with Gasteiger partial charge in [0.05, 0.1) is 11.3 Å². The van der Waals surface area contributed by atoms with Gasteiger partial charge in [0.15, 0.2) is 0 Å². The molecule has 0 fully saturated rings. The molecule has 0 aromatic heterocycles. The molecule has 0 atom stereocenters. The topological polar surface area (TPSA) is 67.4 Å². The molecule has 2 aromatic rings. The lowest BCUT2D eigenvalue weighted by atomic mass is 10.2. The van der Waals surface area contributed by atoms with Crippen LogP contribution in [0.1, 0.15) is 45.0 Å². The first-order valence-corrected chi connectivity index (χ1v) is 9.80. The number of hydrogen-bond acceptors (Lipinski definition) is 4. The number of benzene rings is 2. The number of nitrogens with one attached hydrogen (secondary N) is 2. The highest BCUT2D eigenvalue weighted by Crippen LogP contribution is 2.28. The summed E-state index contributed by atoms with van der Waals surface area (Å²) in [7, 11) is 0. The quantitative estimate of drug-likeness (QED) is 0.607. The van der Waals surface area contributed by atoms with Gasteiger partial charge in [-0.1, -0.05) is 26.0 Å². The van der Waals surface area contributed by atoms with E-state index in [0.29, 0.717) is 16.5 Å². The summed E-state index contributed by atoms with van der Waals surface area (Å²) in [6.07, 6.45) is -0.770. The number of rotatable bonds is 5. The van der Waals surface area contributed by atoms with E-state index in [1.807, 2.05) is 26.0 Å². The minimum absolute atomic E-state index is 0.0723. The van der Waals surface area contributed by atoms with Crippen molar-refractivity contribution in [1.82, 2.24) is 0 Å². The third-order valence-corrected chi connectivity index (χ3v) is 4.44. The molecule has 2 amide bonds. The molecule has 0 aliphatic rings. The lowest BCUT2D eigenvalue weighted by molar-refractivity contribution is 0.0635. The van der Waals surface area contributed by atoms with Crippen molar-refractivity contribution in [3.8, 4) is 0 Å². The Labute approximate surface area is 169 Å². The number of anilines is 2. The molecule has 5 nitrogen and oxygen atoms in total. The lowest BCUT2D eigenvalue weighted by Gasteiger charge is -2.20. The Morgan fingerprint density at radius 1 is 1.07 bits per heavy atom. The Morgan fingerprint density at radius 3 is 2.39 bits per heavy atom. The molecular formula is C21H25FN2O3S. The van der Waals surface area contributed by atoms with Crippen molar-refractivity contribution < 1.29 is 18.7 Å². The van der Waals surface area contributed by atoms with Gasteiger partial charge < -0.3 is 10.1 Å². The third-order valence-electron chi connectivity index (χ3n) is 3.35. The normalized spacial score (nSPS) is 11.2. The van der Waals surface area contributed by atoms with E-state index in [1.165, 1.54) is 18.2 Å². The molecule has 0 aliphatic carbocycles. The number of hydrogen-bond donors (Lipinski definition) is 2. The van der Waals surface area contributed by atoms with Gasteiger partial charge in [0.2, 0.25) is 0 Å². The van der Waals surface area contributed by atoms with Gasteiger partial charge in [-0.15, -0.1) is 11.8 Å². The maximum atomic E-state index is 14.0. The van der Waals surface area contributed by atoms with Crippen LogP contribution in [0.4, 0.5) is 20.6 Å². The number of amides is 2. The van der Waals surface area contributed by atoms with Crippen LogP contribution < -0.4 is 10.6 Å². The second-order valence-corrected chi connectivity index (χ2v) is 9.06. The molecule has 0 saturated carbocycles. The average Bonchev–Trinajstić information content (AvgIpc) is 2.56. The van der Waals surface area contributed by atoms with Crippen LogP contribution in [-0.4, -0.2) is 22.9 Å². The highest BCUT2D eigenvalue weighted by atomic mass is 32.2. The predicted molar refractivity (Wildman–Crippen MR) is 112 cm³/mol. The highest BCUT2D eigenvalue weighted by molar-refractivity contribution is 8.00. The van der Waals surface area contributed by atoms with E-state index < -0.39 is 17.5 Å². The Morgan fingerprint density at radius 2 is 1.75 bits per heavy atom. The maximum Gasteiger partial charge on any atom is 0.412 e. The van der Waals surface area contributed by atoms with E-state index in [0.717, 1.165) is 4.90 Å². The summed E-state index contributed by atoms with van der Waals surface area (Å²) in [5.74, 6) is -0.932. The van der Waals surface area contributed by atoms with Crippen molar-refractivity contribution in [2.45, 2.75) is 50.4 Å². The van der Waals surface area contributed by atoms with Crippen molar-refractivity contribution >= 4 is 35.1 Å². The number of ether oxygens (including phenoxy) is 1. The number of thioether (sulfide) groups is 1. The molecule has 7 heteroatoms. The number of carbonyl (C=O) groups is 2. The van der Waals surface area contributed by atoms with Gasteiger partial charge in [-0.3, -0.25) is 10.1 Å². The van der Waals surface area contributed by atoms with Crippen molar-refractivity contribution in [3.05, 3.63) is 53.8 Å². The Bertz CT molecular complexity index is 863. The predicted octanol–water partition coefficient (Wildman–Crippen LogP) is 5.93. The minimum atomic E-state index is -0.770. The van der Waals surface area contributed by atoms with Gasteiger partial charge in [0.1, 0.15) is 11.4 Å². The molecule has 0 saturated heterocycles. The second-order valence-electron chi connectivity index (χ2n) is 7.44. The molecule has 0 unspecified atom stereocenters. The zero-order valence-corrected chi connectivity index (χ0v) is 17.4. The number of carbonyl (C=O) groups excluding carboxylic acids is 2. The van der Waals surface area contributed by atoms with Gasteiger partial charge in [-0.2, -0.15) is 0 Å². The van der Waals surface area contributed by atoms with E-state index in [9.17, 15) is 14.0 Å². The smallest absolute Gasteiger partial charge is 0.412 e. The summed E-state index contributed by atoms with van der Waals surface area (Å²) < 4.78 is 19.2. The van der Waals surface area contributed by atoms with Crippen LogP contribution in [-0.2, 0) is 4.74 Å². The summed E-state index contributed by atoms with van der Waals surface area (Å²) in [5.41, 5.74) is 0.121. The van der Waals surface area contributed by atoms with Gasteiger partial charge >= 0.3 is 6.09 Å². The first-order valence-electron chi connectivity index (χ1n) is 8.92. The molecule has 2 N–H and O–H groups in total.